The summed E-state index contributed by atoms with van der Waals surface area (Å²) in [5.74, 6) is 0.678. The van der Waals surface area contributed by atoms with E-state index in [0.717, 1.165) is 36.3 Å². The lowest BCUT2D eigenvalue weighted by Crippen LogP contribution is -2.39. The highest BCUT2D eigenvalue weighted by atomic mass is 35.5. The molecule has 1 saturated heterocycles. The molecular weight excluding hydrogens is 448 g/mol. The molecule has 1 aliphatic rings. The van der Waals surface area contributed by atoms with Crippen molar-refractivity contribution in [3.8, 4) is 0 Å². The Morgan fingerprint density at radius 3 is 2.56 bits per heavy atom. The second-order valence-corrected chi connectivity index (χ2v) is 8.98. The van der Waals surface area contributed by atoms with Crippen LogP contribution in [0.5, 0.6) is 0 Å². The molecule has 1 N–H and O–H groups in total. The minimum atomic E-state index is -0.224. The summed E-state index contributed by atoms with van der Waals surface area (Å²) in [6.07, 6.45) is 3.74. The third-order valence-electron chi connectivity index (χ3n) is 6.25. The molecule has 6 nitrogen and oxygen atoms in total. The van der Waals surface area contributed by atoms with Crippen LogP contribution in [-0.2, 0) is 6.54 Å². The molecule has 172 valence electrons. The number of hydrogen-bond donors (Lipinski definition) is 1. The number of hydrogen-bond acceptors (Lipinski definition) is 3. The summed E-state index contributed by atoms with van der Waals surface area (Å²) in [5.41, 5.74) is 2.82. The second kappa shape index (κ2) is 9.69. The van der Waals surface area contributed by atoms with Crippen molar-refractivity contribution in [2.45, 2.75) is 25.3 Å². The maximum absolute atomic E-state index is 13.1. The number of aromatic nitrogens is 2. The largest absolute Gasteiger partial charge is 0.347 e. The second-order valence-electron chi connectivity index (χ2n) is 8.54. The van der Waals surface area contributed by atoms with Crippen molar-refractivity contribution in [3.05, 3.63) is 107 Å². The lowest BCUT2D eigenvalue weighted by atomic mass is 9.96. The first kappa shape index (κ1) is 22.2. The van der Waals surface area contributed by atoms with E-state index in [9.17, 15) is 9.59 Å². The molecule has 3 heterocycles. The maximum Gasteiger partial charge on any atom is 0.272 e. The molecule has 0 radical (unpaired) electrons. The number of imidazole rings is 1. The molecule has 0 spiro atoms. The van der Waals surface area contributed by atoms with Crippen LogP contribution in [0.25, 0.3) is 5.52 Å². The van der Waals surface area contributed by atoms with Gasteiger partial charge in [-0.15, -0.1) is 0 Å². The molecule has 2 aromatic carbocycles. The summed E-state index contributed by atoms with van der Waals surface area (Å²) < 4.78 is 1.98. The van der Waals surface area contributed by atoms with Crippen LogP contribution >= 0.6 is 11.6 Å². The van der Waals surface area contributed by atoms with Crippen LogP contribution in [0.3, 0.4) is 0 Å². The van der Waals surface area contributed by atoms with E-state index >= 15 is 0 Å². The number of carbonyl (C=O) groups is 2. The molecule has 1 unspecified atom stereocenters. The Morgan fingerprint density at radius 1 is 1.00 bits per heavy atom. The molecule has 34 heavy (non-hydrogen) atoms. The highest BCUT2D eigenvalue weighted by Gasteiger charge is 2.29. The Balaban J connectivity index is 1.38. The van der Waals surface area contributed by atoms with Gasteiger partial charge in [0.05, 0.1) is 5.52 Å². The van der Waals surface area contributed by atoms with Crippen LogP contribution in [0.1, 0.15) is 51.0 Å². The highest BCUT2D eigenvalue weighted by molar-refractivity contribution is 6.30. The van der Waals surface area contributed by atoms with Crippen LogP contribution in [0, 0.1) is 0 Å². The maximum atomic E-state index is 13.1. The van der Waals surface area contributed by atoms with E-state index in [0.29, 0.717) is 29.4 Å². The lowest BCUT2D eigenvalue weighted by molar-refractivity contribution is 0.0703. The number of likely N-dealkylation sites (tertiary alicyclic amines) is 1. The topological polar surface area (TPSA) is 66.7 Å². The van der Waals surface area contributed by atoms with Crippen LogP contribution in [0.4, 0.5) is 0 Å². The molecule has 1 atom stereocenters. The summed E-state index contributed by atoms with van der Waals surface area (Å²) in [5, 5.41) is 3.63. The molecule has 0 bridgehead atoms. The van der Waals surface area contributed by atoms with Crippen molar-refractivity contribution < 1.29 is 9.59 Å². The van der Waals surface area contributed by atoms with Gasteiger partial charge in [-0.2, -0.15) is 0 Å². The van der Waals surface area contributed by atoms with Crippen molar-refractivity contribution in [2.75, 3.05) is 13.1 Å². The first-order valence-corrected chi connectivity index (χ1v) is 11.8. The number of pyridine rings is 1. The smallest absolute Gasteiger partial charge is 0.272 e. The molecular formula is C27H25ClN4O2. The number of amides is 2. The summed E-state index contributed by atoms with van der Waals surface area (Å²) in [6.45, 7) is 1.69. The van der Waals surface area contributed by atoms with Crippen LogP contribution in [-0.4, -0.2) is 39.2 Å². The molecule has 1 fully saturated rings. The normalized spacial score (nSPS) is 15.9. The first-order chi connectivity index (χ1) is 16.6. The zero-order valence-electron chi connectivity index (χ0n) is 18.7. The summed E-state index contributed by atoms with van der Waals surface area (Å²) in [7, 11) is 0. The van der Waals surface area contributed by atoms with Gasteiger partial charge in [0.1, 0.15) is 5.82 Å². The number of carbonyl (C=O) groups excluding carboxylic acids is 2. The fourth-order valence-corrected chi connectivity index (χ4v) is 4.65. The van der Waals surface area contributed by atoms with Gasteiger partial charge in [-0.25, -0.2) is 4.98 Å². The number of piperidine rings is 1. The highest BCUT2D eigenvalue weighted by Crippen LogP contribution is 2.29. The van der Waals surface area contributed by atoms with Crippen molar-refractivity contribution in [2.24, 2.45) is 0 Å². The van der Waals surface area contributed by atoms with Crippen molar-refractivity contribution in [1.29, 1.82) is 0 Å². The Kier molecular flexibility index (Phi) is 6.32. The van der Waals surface area contributed by atoms with Crippen LogP contribution in [0.2, 0.25) is 5.02 Å². The molecule has 5 rings (SSSR count). The number of halogens is 1. The SMILES string of the molecule is O=C(NCc1ccc(Cl)cc1)c1nc(C2CCCN(C(=O)c3ccccc3)C2)n2ccccc12. The zero-order valence-corrected chi connectivity index (χ0v) is 19.4. The zero-order chi connectivity index (χ0) is 23.5. The summed E-state index contributed by atoms with van der Waals surface area (Å²) in [4.78, 5) is 32.8. The average molecular weight is 473 g/mol. The molecule has 4 aromatic rings. The molecule has 0 aliphatic carbocycles. The fraction of sp³-hybridized carbons (Fsp3) is 0.222. The number of nitrogens with one attached hydrogen (secondary N) is 1. The van der Waals surface area contributed by atoms with Gasteiger partial charge in [0.15, 0.2) is 5.69 Å². The Bertz CT molecular complexity index is 1320. The first-order valence-electron chi connectivity index (χ1n) is 11.4. The van der Waals surface area contributed by atoms with Crippen LogP contribution < -0.4 is 5.32 Å². The van der Waals surface area contributed by atoms with Gasteiger partial charge in [0.2, 0.25) is 0 Å². The quantitative estimate of drug-likeness (QED) is 0.447. The van der Waals surface area contributed by atoms with Gasteiger partial charge in [0, 0.05) is 42.3 Å². The van der Waals surface area contributed by atoms with E-state index < -0.39 is 0 Å². The predicted molar refractivity (Wildman–Crippen MR) is 132 cm³/mol. The van der Waals surface area contributed by atoms with E-state index in [4.69, 9.17) is 16.6 Å². The van der Waals surface area contributed by atoms with Gasteiger partial charge >= 0.3 is 0 Å². The van der Waals surface area contributed by atoms with Crippen molar-refractivity contribution in [3.63, 3.8) is 0 Å². The number of fused-ring (bicyclic) bond motifs is 1. The third-order valence-corrected chi connectivity index (χ3v) is 6.50. The van der Waals surface area contributed by atoms with E-state index in [1.165, 1.54) is 0 Å². The van der Waals surface area contributed by atoms with Gasteiger partial charge in [0.25, 0.3) is 11.8 Å². The molecule has 2 aromatic heterocycles. The van der Waals surface area contributed by atoms with E-state index in [-0.39, 0.29) is 17.7 Å². The average Bonchev–Trinajstić information content (AvgIpc) is 3.28. The Labute approximate surface area is 203 Å². The monoisotopic (exact) mass is 472 g/mol. The fourth-order valence-electron chi connectivity index (χ4n) is 4.52. The van der Waals surface area contributed by atoms with Gasteiger partial charge in [-0.05, 0) is 54.8 Å². The third kappa shape index (κ3) is 4.54. The van der Waals surface area contributed by atoms with E-state index in [1.54, 1.807) is 12.1 Å². The molecule has 7 heteroatoms. The van der Waals surface area contributed by atoms with Crippen molar-refractivity contribution in [1.82, 2.24) is 19.6 Å². The standard InChI is InChI=1S/C27H25ClN4O2/c28-22-13-11-19(12-14-22)17-29-26(33)24-23-10-4-5-16-32(23)25(30-24)21-9-6-15-31(18-21)27(34)20-7-2-1-3-8-20/h1-5,7-8,10-14,16,21H,6,9,15,17-18H2,(H,29,33). The summed E-state index contributed by atoms with van der Waals surface area (Å²) in [6, 6.07) is 22.5. The number of nitrogens with zero attached hydrogens (tertiary/aromatic N) is 3. The van der Waals surface area contributed by atoms with Crippen LogP contribution in [0.15, 0.2) is 79.0 Å². The minimum absolute atomic E-state index is 0.0343. The predicted octanol–water partition coefficient (Wildman–Crippen LogP) is 4.94. The number of rotatable bonds is 5. The Hall–Kier alpha value is -3.64. The van der Waals surface area contributed by atoms with E-state index in [2.05, 4.69) is 5.32 Å². The minimum Gasteiger partial charge on any atom is -0.347 e. The van der Waals surface area contributed by atoms with E-state index in [1.807, 2.05) is 76.2 Å². The molecule has 2 amide bonds. The van der Waals surface area contributed by atoms with Gasteiger partial charge in [-0.1, -0.05) is 48.0 Å². The Morgan fingerprint density at radius 2 is 1.76 bits per heavy atom. The lowest BCUT2D eigenvalue weighted by Gasteiger charge is -2.32. The van der Waals surface area contributed by atoms with Gasteiger partial charge < -0.3 is 14.6 Å². The number of benzene rings is 2. The molecule has 1 aliphatic heterocycles. The van der Waals surface area contributed by atoms with Gasteiger partial charge in [-0.3, -0.25) is 9.59 Å². The molecule has 0 saturated carbocycles. The van der Waals surface area contributed by atoms with Crippen molar-refractivity contribution >= 4 is 28.9 Å². The summed E-state index contributed by atoms with van der Waals surface area (Å²) >= 11 is 5.95.